The molecule has 0 atom stereocenters. The Hall–Kier alpha value is -10.9. The summed E-state index contributed by atoms with van der Waals surface area (Å²) in [6.45, 7) is 43.2. The minimum atomic E-state index is -4.51. The van der Waals surface area contributed by atoms with Crippen LogP contribution in [0.5, 0.6) is 5.75 Å². The Morgan fingerprint density at radius 2 is 0.641 bits per heavy atom. The molecule has 0 unspecified atom stereocenters. The van der Waals surface area contributed by atoms with Gasteiger partial charge in [0.05, 0.1) is 0 Å². The van der Waals surface area contributed by atoms with Crippen molar-refractivity contribution in [2.75, 3.05) is 19.0 Å². The summed E-state index contributed by atoms with van der Waals surface area (Å²) in [6, 6.07) is 126. The molecule has 2 heterocycles. The van der Waals surface area contributed by atoms with Gasteiger partial charge in [-0.2, -0.15) is 45.7 Å². The summed E-state index contributed by atoms with van der Waals surface area (Å²) in [5.41, 5.74) is 27.8. The van der Waals surface area contributed by atoms with Crippen LogP contribution in [0.4, 0.5) is 35.9 Å². The number of hydrogen-bond acceptors (Lipinski definition) is 8. The number of hydrogen-bond donors (Lipinski definition) is 2. The van der Waals surface area contributed by atoms with Crippen LogP contribution in [0, 0.1) is 33.1 Å². The number of benzene rings is 14. The van der Waals surface area contributed by atoms with Gasteiger partial charge in [0.2, 0.25) is 0 Å². The number of phenols is 1. The van der Waals surface area contributed by atoms with E-state index in [1.165, 1.54) is 67.0 Å². The van der Waals surface area contributed by atoms with Crippen LogP contribution >= 0.6 is 23.2 Å². The van der Waals surface area contributed by atoms with E-state index in [4.69, 9.17) is 60.6 Å². The molecule has 0 saturated carbocycles. The van der Waals surface area contributed by atoms with Gasteiger partial charge in [0.1, 0.15) is 5.75 Å². The molecular weight excluding hydrogens is 2210 g/mol. The predicted molar refractivity (Wildman–Crippen MR) is 609 cm³/mol. The molecule has 0 aliphatic heterocycles. The van der Waals surface area contributed by atoms with Crippen LogP contribution in [0.2, 0.25) is 10.0 Å². The van der Waals surface area contributed by atoms with E-state index in [1.54, 1.807) is 0 Å². The van der Waals surface area contributed by atoms with Crippen LogP contribution in [0.15, 0.2) is 390 Å². The molecule has 145 heavy (non-hydrogen) atoms. The number of halogens is 5. The number of aromatic nitrogens is 2. The van der Waals surface area contributed by atoms with E-state index in [2.05, 4.69) is 317 Å². The molecule has 0 aliphatic carbocycles. The zero-order valence-electron chi connectivity index (χ0n) is 87.8. The summed E-state index contributed by atoms with van der Waals surface area (Å²) in [4.78, 5) is 12.1. The summed E-state index contributed by atoms with van der Waals surface area (Å²) in [6.07, 6.45) is -4.51. The van der Waals surface area contributed by atoms with Gasteiger partial charge in [-0.15, -0.1) is 0 Å². The van der Waals surface area contributed by atoms with Crippen molar-refractivity contribution in [3.63, 3.8) is 0 Å². The van der Waals surface area contributed by atoms with Crippen molar-refractivity contribution in [2.45, 2.75) is 201 Å². The zero-order valence-corrected chi connectivity index (χ0v) is 97.9. The number of aliphatic hydroxyl groups is 1. The molecule has 0 spiro atoms. The summed E-state index contributed by atoms with van der Waals surface area (Å²) >= 11 is 21.4. The Morgan fingerprint density at radius 3 is 0.910 bits per heavy atom. The van der Waals surface area contributed by atoms with Gasteiger partial charge in [-0.1, -0.05) is 270 Å². The fourth-order valence-corrected chi connectivity index (χ4v) is 22.4. The molecule has 18 heteroatoms. The summed E-state index contributed by atoms with van der Waals surface area (Å²) in [5, 5.41) is 20.3. The quantitative estimate of drug-likeness (QED) is 0.0651. The van der Waals surface area contributed by atoms with Gasteiger partial charge in [0, 0.05) is 30.9 Å². The fraction of sp³-hybridized carbons (Fsp3) is 0.252. The van der Waals surface area contributed by atoms with Crippen molar-refractivity contribution < 1.29 is 77.1 Å². The predicted octanol–water partition coefficient (Wildman–Crippen LogP) is 36.4. The first-order chi connectivity index (χ1) is 68.8. The summed E-state index contributed by atoms with van der Waals surface area (Å²) in [5.74, 6) is 2.37. The summed E-state index contributed by atoms with van der Waals surface area (Å²) in [7, 11) is 4.02. The normalized spacial score (nSPS) is 11.0. The number of alkyl halides is 3. The maximum absolute atomic E-state index is 11.3. The van der Waals surface area contributed by atoms with Crippen molar-refractivity contribution in [1.29, 1.82) is 0 Å². The third-order valence-electron chi connectivity index (χ3n) is 22.9. The zero-order chi connectivity index (χ0) is 106. The van der Waals surface area contributed by atoms with Crippen molar-refractivity contribution in [2.24, 2.45) is 15.9 Å². The van der Waals surface area contributed by atoms with Gasteiger partial charge in [0.25, 0.3) is 0 Å². The maximum atomic E-state index is 11.3. The molecule has 0 amide bonds. The Labute approximate surface area is 908 Å². The number of phenolic OH excluding ortho intramolecular Hbond substituents is 1. The molecule has 0 bridgehead atoms. The summed E-state index contributed by atoms with van der Waals surface area (Å²) < 4.78 is 55.9. The largest absolute Gasteiger partial charge is 0.779 e. The van der Waals surface area contributed by atoms with Crippen LogP contribution < -0.4 is 14.9 Å². The van der Waals surface area contributed by atoms with Gasteiger partial charge < -0.3 is 50.3 Å². The molecule has 16 rings (SSSR count). The van der Waals surface area contributed by atoms with E-state index in [9.17, 15) is 18.3 Å². The Bertz CT molecular complexity index is 6300. The molecule has 0 saturated heterocycles. The maximum Gasteiger partial charge on any atom is 0.131 e. The molecule has 0 radical (unpaired) electrons. The van der Waals surface area contributed by atoms with E-state index >= 15 is 0 Å². The SMILES string of the molecule is CC(C)(C)[CH]=[W]=[N]c1c(Cl)cccc1Cl.CC(C)(O)C(F)(F)F.CC(C)c1cccc(C(C)C)c1[N]=[Mo+2]=[CH]C(C)(C)c1ccccc1.CC(C)c1cccc(C(C)C)c1[N]=[Mo]=[CH]C(C)(C)c1ccccc1.CN(C)c1cc(-c2ccccc2)c(O)c(-c2ccccc2)c1.Cc1ccc(C)[n-]1.Cc1ccc(C)[n-]1.[S-]c1c(-c2ccccc2)cccc1-c1ccccc1.[S-]c1c(-c2ccccc2)cccc1-c1ccccc1. The Balaban J connectivity index is 0.000000204. The second kappa shape index (κ2) is 58.6. The van der Waals surface area contributed by atoms with Crippen molar-refractivity contribution >= 4 is 84.4 Å². The third kappa shape index (κ3) is 38.7. The molecule has 0 aliphatic rings. The van der Waals surface area contributed by atoms with Crippen LogP contribution in [-0.4, -0.2) is 49.3 Å². The van der Waals surface area contributed by atoms with Crippen LogP contribution in [0.3, 0.4) is 0 Å². The molecule has 2 N–H and O–H groups in total. The van der Waals surface area contributed by atoms with Crippen molar-refractivity contribution in [3.05, 3.63) is 436 Å². The van der Waals surface area contributed by atoms with E-state index in [-0.39, 0.29) is 16.2 Å². The van der Waals surface area contributed by atoms with Crippen molar-refractivity contribution in [1.82, 2.24) is 9.97 Å². The number of aryl methyl sites for hydroxylation is 4. The molecule has 0 fully saturated rings. The van der Waals surface area contributed by atoms with Crippen LogP contribution in [0.1, 0.15) is 198 Å². The third-order valence-corrected chi connectivity index (χ3v) is 33.1. The minimum absolute atomic E-state index is 0.0811. The molecule has 756 valence electrons. The van der Waals surface area contributed by atoms with Gasteiger partial charge >= 0.3 is 426 Å². The average molecular weight is 2350 g/mol. The van der Waals surface area contributed by atoms with E-state index in [1.807, 2.05) is 230 Å². The number of aromatic hydroxyl groups is 1. The average Bonchev–Trinajstić information content (AvgIpc) is 0.972. The second-order valence-electron chi connectivity index (χ2n) is 39.1. The van der Waals surface area contributed by atoms with Gasteiger partial charge in [-0.3, -0.25) is 0 Å². The topological polar surface area (TPSA) is 109 Å². The molecule has 8 nitrogen and oxygen atoms in total. The van der Waals surface area contributed by atoms with Gasteiger partial charge in [-0.05, 0) is 81.6 Å². The molecule has 16 aromatic rings. The van der Waals surface area contributed by atoms with Gasteiger partial charge in [0.15, 0.2) is 5.60 Å². The first kappa shape index (κ1) is 119. The Morgan fingerprint density at radius 1 is 0.372 bits per heavy atom. The van der Waals surface area contributed by atoms with E-state index < -0.39 is 65.5 Å². The Kier molecular flexibility index (Phi) is 48.2. The van der Waals surface area contributed by atoms with E-state index in [0.717, 1.165) is 88.4 Å². The number of rotatable bonds is 18. The molecule has 2 aromatic heterocycles. The number of anilines is 1. The standard InChI is InChI=1S/C20H19NO.2C18H14S.2C12H17N.2C10H12.C6H3Cl2N.2C6H8N.C5H10.C4H7F3O.2Mo.W/c1-21(2)17-13-18(15-9-5-3-6-10-15)20(22)19(14-17)16-11-7-4-8-12-16;2*19-18-16(14-8-3-1-4-9-14)12-7-13-17(18)15-10-5-2-6-11-15;2*1-8(2)10-6-5-7-11(9(3)4)12(10)13;2*1-10(2,3)9-7-5-4-6-8-9;7-4-2-1-3-5(8)6(4)9;2*1-5-3-4-6(2)7-5;1-5(2,3)4;1-3(2,8)4(5,6)7;;;/h3-14,22H,1-2H3;2*1-13,19H;2*5-9H,1-4H3;2*1,4-8H,2-3H3;1-3H;2*3-4H,1-2H3;1H,2-4H3;8H,1-2H3;;;/q;;;;;;;;2*-1;;;;+2;/p-2. The van der Waals surface area contributed by atoms with Gasteiger partial charge in [-0.25, -0.2) is 0 Å². The molecule has 14 aromatic carbocycles. The first-order valence-electron chi connectivity index (χ1n) is 48.6. The van der Waals surface area contributed by atoms with Crippen LogP contribution in [0.25, 0.3) is 66.8 Å². The first-order valence-corrected chi connectivity index (χ1v) is 57.3. The monoisotopic (exact) mass is 2350 g/mol. The minimum Gasteiger partial charge on any atom is -0.779 e. The molecular formula is C127H139Cl2F3Mo2N6O2S2W-2. The smallest absolute Gasteiger partial charge is 0.131 e. The number of nitrogens with zero attached hydrogens (tertiary/aromatic N) is 6. The van der Waals surface area contributed by atoms with Crippen LogP contribution in [-0.2, 0) is 89.8 Å². The second-order valence-corrected chi connectivity index (χ2v) is 46.1. The van der Waals surface area contributed by atoms with Crippen molar-refractivity contribution in [3.8, 4) is 72.5 Å². The fourth-order valence-electron chi connectivity index (χ4n) is 14.5. The van der Waals surface area contributed by atoms with E-state index in [0.29, 0.717) is 53.3 Å².